The molecule has 0 heterocycles. The lowest BCUT2D eigenvalue weighted by Crippen LogP contribution is -2.22. The lowest BCUT2D eigenvalue weighted by atomic mass is 10.1. The van der Waals surface area contributed by atoms with Gasteiger partial charge >= 0.3 is 0 Å². The van der Waals surface area contributed by atoms with Crippen LogP contribution in [-0.2, 0) is 9.84 Å². The monoisotopic (exact) mass is 255 g/mol. The van der Waals surface area contributed by atoms with Crippen molar-refractivity contribution in [2.45, 2.75) is 32.6 Å². The molecule has 0 fully saturated rings. The molecule has 1 atom stereocenters. The van der Waals surface area contributed by atoms with Crippen LogP contribution in [0.4, 0.5) is 0 Å². The van der Waals surface area contributed by atoms with Crippen molar-refractivity contribution in [3.8, 4) is 0 Å². The second-order valence-corrected chi connectivity index (χ2v) is 6.82. The summed E-state index contributed by atoms with van der Waals surface area (Å²) >= 11 is 0. The Morgan fingerprint density at radius 2 is 1.65 bits per heavy atom. The van der Waals surface area contributed by atoms with Crippen molar-refractivity contribution in [1.29, 1.82) is 0 Å². The van der Waals surface area contributed by atoms with Gasteiger partial charge in [0.05, 0.1) is 10.6 Å². The molecule has 0 bridgehead atoms. The Kier molecular flexibility index (Phi) is 4.33. The normalized spacial score (nSPS) is 13.7. The van der Waals surface area contributed by atoms with Gasteiger partial charge in [-0.3, -0.25) is 0 Å². The summed E-state index contributed by atoms with van der Waals surface area (Å²) in [6.45, 7) is 7.92. The van der Waals surface area contributed by atoms with E-state index in [2.05, 4.69) is 0 Å². The summed E-state index contributed by atoms with van der Waals surface area (Å²) < 4.78 is 24.6. The molecule has 0 aliphatic heterocycles. The minimum absolute atomic E-state index is 0.0138. The fourth-order valence-electron chi connectivity index (χ4n) is 2.18. The predicted molar refractivity (Wildman–Crippen MR) is 70.9 cm³/mol. The number of hydrogen-bond donors (Lipinski definition) is 1. The molecule has 0 amide bonds. The van der Waals surface area contributed by atoms with E-state index in [1.54, 1.807) is 0 Å². The quantitative estimate of drug-likeness (QED) is 0.895. The van der Waals surface area contributed by atoms with Crippen molar-refractivity contribution in [1.82, 2.24) is 0 Å². The first-order chi connectivity index (χ1) is 7.77. The zero-order valence-electron chi connectivity index (χ0n) is 10.9. The molecule has 1 aromatic rings. The van der Waals surface area contributed by atoms with E-state index >= 15 is 0 Å². The Labute approximate surface area is 104 Å². The van der Waals surface area contributed by atoms with Gasteiger partial charge in [0, 0.05) is 0 Å². The molecule has 17 heavy (non-hydrogen) atoms. The Balaban J connectivity index is 3.25. The van der Waals surface area contributed by atoms with Crippen LogP contribution in [0.2, 0.25) is 0 Å². The van der Waals surface area contributed by atoms with Crippen molar-refractivity contribution in [3.63, 3.8) is 0 Å². The number of hydrogen-bond acceptors (Lipinski definition) is 3. The van der Waals surface area contributed by atoms with E-state index in [9.17, 15) is 8.42 Å². The molecule has 1 aromatic carbocycles. The number of benzene rings is 1. The molecule has 96 valence electrons. The molecule has 0 aliphatic rings. The number of rotatable bonds is 4. The van der Waals surface area contributed by atoms with Crippen molar-refractivity contribution >= 4 is 9.84 Å². The minimum atomic E-state index is -3.23. The molecular formula is C13H21NO2S. The van der Waals surface area contributed by atoms with Gasteiger partial charge in [-0.25, -0.2) is 8.42 Å². The Morgan fingerprint density at radius 1 is 1.18 bits per heavy atom. The maximum Gasteiger partial charge on any atom is 0.179 e. The standard InChI is InChI=1S/C13H21NO2S/c1-9-5-11(3)13(12(4)6-9)17(15,16)8-10(2)7-14/h5-6,10H,7-8,14H2,1-4H3. The smallest absolute Gasteiger partial charge is 0.179 e. The van der Waals surface area contributed by atoms with Crippen LogP contribution in [0.25, 0.3) is 0 Å². The summed E-state index contributed by atoms with van der Waals surface area (Å²) in [6.07, 6.45) is 0. The van der Waals surface area contributed by atoms with E-state index in [0.29, 0.717) is 11.4 Å². The van der Waals surface area contributed by atoms with Gasteiger partial charge in [-0.2, -0.15) is 0 Å². The van der Waals surface area contributed by atoms with E-state index in [4.69, 9.17) is 5.73 Å². The molecule has 0 aliphatic carbocycles. The van der Waals surface area contributed by atoms with Crippen LogP contribution in [0.1, 0.15) is 23.6 Å². The minimum Gasteiger partial charge on any atom is -0.330 e. The number of aryl methyl sites for hydroxylation is 3. The third kappa shape index (κ3) is 3.30. The summed E-state index contributed by atoms with van der Waals surface area (Å²) in [5.74, 6) is 0.105. The first-order valence-corrected chi connectivity index (χ1v) is 7.44. The Morgan fingerprint density at radius 3 is 2.06 bits per heavy atom. The van der Waals surface area contributed by atoms with Crippen LogP contribution in [0.3, 0.4) is 0 Å². The highest BCUT2D eigenvalue weighted by Crippen LogP contribution is 2.24. The maximum absolute atomic E-state index is 12.3. The van der Waals surface area contributed by atoms with E-state index < -0.39 is 9.84 Å². The van der Waals surface area contributed by atoms with Gasteiger partial charge in [-0.15, -0.1) is 0 Å². The van der Waals surface area contributed by atoms with E-state index in [1.165, 1.54) is 0 Å². The van der Waals surface area contributed by atoms with E-state index in [-0.39, 0.29) is 11.7 Å². The topological polar surface area (TPSA) is 60.2 Å². The first-order valence-electron chi connectivity index (χ1n) is 5.78. The molecule has 2 N–H and O–H groups in total. The van der Waals surface area contributed by atoms with Crippen LogP contribution in [0.5, 0.6) is 0 Å². The second kappa shape index (κ2) is 5.19. The zero-order chi connectivity index (χ0) is 13.2. The lowest BCUT2D eigenvalue weighted by Gasteiger charge is -2.14. The average molecular weight is 255 g/mol. The third-order valence-corrected chi connectivity index (χ3v) is 5.10. The number of sulfone groups is 1. The summed E-state index contributed by atoms with van der Waals surface area (Å²) in [6, 6.07) is 3.82. The SMILES string of the molecule is Cc1cc(C)c(S(=O)(=O)CC(C)CN)c(C)c1. The molecule has 3 nitrogen and oxygen atoms in total. The molecule has 0 spiro atoms. The van der Waals surface area contributed by atoms with Crippen LogP contribution >= 0.6 is 0 Å². The van der Waals surface area contributed by atoms with Crippen LogP contribution in [0.15, 0.2) is 17.0 Å². The third-order valence-electron chi connectivity index (χ3n) is 2.82. The Hall–Kier alpha value is -0.870. The Bertz CT molecular complexity index is 483. The second-order valence-electron chi connectivity index (χ2n) is 4.85. The van der Waals surface area contributed by atoms with Gasteiger partial charge in [0.1, 0.15) is 0 Å². The highest BCUT2D eigenvalue weighted by Gasteiger charge is 2.22. The van der Waals surface area contributed by atoms with Crippen molar-refractivity contribution < 1.29 is 8.42 Å². The molecule has 0 saturated carbocycles. The van der Waals surface area contributed by atoms with Gasteiger partial charge in [-0.1, -0.05) is 24.6 Å². The first kappa shape index (κ1) is 14.2. The fourth-order valence-corrected chi connectivity index (χ4v) is 4.33. The highest BCUT2D eigenvalue weighted by molar-refractivity contribution is 7.91. The summed E-state index contributed by atoms with van der Waals surface area (Å²) in [7, 11) is -3.23. The van der Waals surface area contributed by atoms with Gasteiger partial charge in [-0.05, 0) is 44.4 Å². The maximum atomic E-state index is 12.3. The fraction of sp³-hybridized carbons (Fsp3) is 0.538. The van der Waals surface area contributed by atoms with Crippen LogP contribution in [-0.4, -0.2) is 20.7 Å². The summed E-state index contributed by atoms with van der Waals surface area (Å²) in [5, 5.41) is 0. The predicted octanol–water partition coefficient (Wildman–Crippen LogP) is 1.98. The van der Waals surface area contributed by atoms with Gasteiger partial charge in [0.25, 0.3) is 0 Å². The molecule has 0 radical (unpaired) electrons. The van der Waals surface area contributed by atoms with Crippen LogP contribution in [0, 0.1) is 26.7 Å². The van der Waals surface area contributed by atoms with Crippen molar-refractivity contribution in [3.05, 3.63) is 28.8 Å². The van der Waals surface area contributed by atoms with Gasteiger partial charge < -0.3 is 5.73 Å². The summed E-state index contributed by atoms with van der Waals surface area (Å²) in [5.41, 5.74) is 8.23. The lowest BCUT2D eigenvalue weighted by molar-refractivity contribution is 0.572. The molecule has 0 saturated heterocycles. The largest absolute Gasteiger partial charge is 0.330 e. The van der Waals surface area contributed by atoms with E-state index in [1.807, 2.05) is 39.8 Å². The summed E-state index contributed by atoms with van der Waals surface area (Å²) in [4.78, 5) is 0.475. The molecule has 1 unspecified atom stereocenters. The van der Waals surface area contributed by atoms with Gasteiger partial charge in [0.2, 0.25) is 0 Å². The van der Waals surface area contributed by atoms with Gasteiger partial charge in [0.15, 0.2) is 9.84 Å². The van der Waals surface area contributed by atoms with Crippen molar-refractivity contribution in [2.24, 2.45) is 11.7 Å². The van der Waals surface area contributed by atoms with Crippen molar-refractivity contribution in [2.75, 3.05) is 12.3 Å². The molecular weight excluding hydrogens is 234 g/mol. The highest BCUT2D eigenvalue weighted by atomic mass is 32.2. The zero-order valence-corrected chi connectivity index (χ0v) is 11.8. The van der Waals surface area contributed by atoms with Crippen LogP contribution < -0.4 is 5.73 Å². The number of nitrogens with two attached hydrogens (primary N) is 1. The average Bonchev–Trinajstić information content (AvgIpc) is 2.14. The van der Waals surface area contributed by atoms with E-state index in [0.717, 1.165) is 16.7 Å². The molecule has 0 aromatic heterocycles. The molecule has 4 heteroatoms. The molecule has 1 rings (SSSR count).